The van der Waals surface area contributed by atoms with Crippen molar-refractivity contribution in [1.82, 2.24) is 4.98 Å². The van der Waals surface area contributed by atoms with E-state index in [1.54, 1.807) is 0 Å². The van der Waals surface area contributed by atoms with Gasteiger partial charge in [-0.25, -0.2) is 0 Å². The van der Waals surface area contributed by atoms with Crippen LogP contribution in [0.15, 0.2) is 30.5 Å². The van der Waals surface area contributed by atoms with Gasteiger partial charge in [0.15, 0.2) is 0 Å². The van der Waals surface area contributed by atoms with E-state index in [0.29, 0.717) is 5.92 Å². The molecule has 2 rings (SSSR count). The van der Waals surface area contributed by atoms with Gasteiger partial charge in [0.1, 0.15) is 0 Å². The molecule has 2 heteroatoms. The smallest absolute Gasteiger partial charge is 0.0239 e. The summed E-state index contributed by atoms with van der Waals surface area (Å²) in [4.78, 5) is 4.27. The summed E-state index contributed by atoms with van der Waals surface area (Å²) in [6, 6.07) is 11.3. The Kier molecular flexibility index (Phi) is 3.80. The first-order valence-electron chi connectivity index (χ1n) is 4.54. The first kappa shape index (κ1) is 11.4. The number of pyridine rings is 1. The maximum absolute atomic E-state index is 4.27. The van der Waals surface area contributed by atoms with E-state index in [1.165, 1.54) is 10.9 Å². The molecule has 0 bridgehead atoms. The summed E-state index contributed by atoms with van der Waals surface area (Å²) in [5.41, 5.74) is 2.32. The molecule has 0 saturated heterocycles. The molecule has 2 aromatic rings. The molecule has 0 aliphatic rings. The van der Waals surface area contributed by atoms with Crippen molar-refractivity contribution in [2.75, 3.05) is 0 Å². The first-order chi connectivity index (χ1) is 6.29. The predicted molar refractivity (Wildman–Crippen MR) is 54.7 cm³/mol. The van der Waals surface area contributed by atoms with Crippen molar-refractivity contribution >= 4 is 10.9 Å². The predicted octanol–water partition coefficient (Wildman–Crippen LogP) is 3.16. The van der Waals surface area contributed by atoms with Gasteiger partial charge < -0.3 is 0 Å². The standard InChI is InChI=1S/C12H12N.Re/c1-9(2)10-5-3-7-12-11(10)6-4-8-13-12;/h3-6,8-9H,1-2H3;/q-1;. The summed E-state index contributed by atoms with van der Waals surface area (Å²) in [6.45, 7) is 4.39. The van der Waals surface area contributed by atoms with E-state index < -0.39 is 0 Å². The molecule has 1 aromatic carbocycles. The molecule has 1 heterocycles. The summed E-state index contributed by atoms with van der Waals surface area (Å²) >= 11 is 0. The molecular formula is C12H12NRe-. The Balaban J connectivity index is 0.000000980. The van der Waals surface area contributed by atoms with Crippen LogP contribution >= 0.6 is 0 Å². The van der Waals surface area contributed by atoms with Gasteiger partial charge in [0.2, 0.25) is 0 Å². The minimum absolute atomic E-state index is 0. The Morgan fingerprint density at radius 3 is 2.79 bits per heavy atom. The summed E-state index contributed by atoms with van der Waals surface area (Å²) in [5, 5.41) is 1.22. The molecule has 0 atom stereocenters. The number of rotatable bonds is 1. The Hall–Kier alpha value is -0.708. The van der Waals surface area contributed by atoms with E-state index in [9.17, 15) is 0 Å². The molecule has 0 N–H and O–H groups in total. The molecule has 0 saturated carbocycles. The van der Waals surface area contributed by atoms with E-state index in [-0.39, 0.29) is 20.4 Å². The molecule has 0 aliphatic heterocycles. The number of hydrogen-bond acceptors (Lipinski definition) is 1. The molecule has 14 heavy (non-hydrogen) atoms. The minimum atomic E-state index is 0. The van der Waals surface area contributed by atoms with Crippen molar-refractivity contribution in [3.8, 4) is 0 Å². The number of benzene rings is 1. The average molecular weight is 356 g/mol. The van der Waals surface area contributed by atoms with Crippen LogP contribution in [0.2, 0.25) is 0 Å². The quantitative estimate of drug-likeness (QED) is 0.716. The second-order valence-corrected chi connectivity index (χ2v) is 3.49. The van der Waals surface area contributed by atoms with Crippen molar-refractivity contribution < 1.29 is 20.4 Å². The number of hydrogen-bond donors (Lipinski definition) is 0. The van der Waals surface area contributed by atoms with Crippen LogP contribution in [0.1, 0.15) is 25.3 Å². The maximum Gasteiger partial charge on any atom is 0.0239 e. The van der Waals surface area contributed by atoms with Crippen LogP contribution in [0.5, 0.6) is 0 Å². The zero-order valence-corrected chi connectivity index (χ0v) is 11.0. The second kappa shape index (κ2) is 4.68. The Bertz CT molecular complexity index is 418. The third kappa shape index (κ3) is 2.03. The van der Waals surface area contributed by atoms with Crippen LogP contribution in [-0.4, -0.2) is 4.98 Å². The maximum atomic E-state index is 4.27. The molecule has 0 aliphatic carbocycles. The van der Waals surface area contributed by atoms with E-state index in [4.69, 9.17) is 0 Å². The fourth-order valence-corrected chi connectivity index (χ4v) is 1.56. The molecule has 0 spiro atoms. The molecule has 1 nitrogen and oxygen atoms in total. The SMILES string of the molecule is CC(C)c1cc[c-]c2ncccc12.[Re]. The first-order valence-corrected chi connectivity index (χ1v) is 4.54. The van der Waals surface area contributed by atoms with E-state index in [2.05, 4.69) is 37.0 Å². The van der Waals surface area contributed by atoms with Gasteiger partial charge in [-0.2, -0.15) is 18.2 Å². The Morgan fingerprint density at radius 1 is 1.29 bits per heavy atom. The van der Waals surface area contributed by atoms with Crippen LogP contribution in [0.3, 0.4) is 0 Å². The van der Waals surface area contributed by atoms with Crippen LogP contribution in [0, 0.1) is 6.07 Å². The summed E-state index contributed by atoms with van der Waals surface area (Å²) in [5.74, 6) is 0.543. The minimum Gasteiger partial charge on any atom is -0.283 e. The second-order valence-electron chi connectivity index (χ2n) is 3.49. The third-order valence-electron chi connectivity index (χ3n) is 2.22. The van der Waals surface area contributed by atoms with Crippen molar-refractivity contribution in [2.24, 2.45) is 0 Å². The van der Waals surface area contributed by atoms with Crippen molar-refractivity contribution in [3.05, 3.63) is 42.1 Å². The van der Waals surface area contributed by atoms with Gasteiger partial charge in [0.05, 0.1) is 0 Å². The fraction of sp³-hybridized carbons (Fsp3) is 0.250. The molecular weight excluding hydrogens is 344 g/mol. The zero-order chi connectivity index (χ0) is 9.26. The van der Waals surface area contributed by atoms with Gasteiger partial charge in [-0.05, 0) is 11.4 Å². The monoisotopic (exact) mass is 357 g/mol. The van der Waals surface area contributed by atoms with E-state index in [1.807, 2.05) is 18.3 Å². The van der Waals surface area contributed by atoms with Gasteiger partial charge in [0, 0.05) is 26.6 Å². The fourth-order valence-electron chi connectivity index (χ4n) is 1.56. The molecule has 1 aromatic heterocycles. The molecule has 0 amide bonds. The summed E-state index contributed by atoms with van der Waals surface area (Å²) in [6.07, 6.45) is 1.81. The van der Waals surface area contributed by atoms with Crippen molar-refractivity contribution in [3.63, 3.8) is 0 Å². The normalized spacial score (nSPS) is 10.2. The molecule has 0 unspecified atom stereocenters. The Morgan fingerprint density at radius 2 is 2.07 bits per heavy atom. The number of nitrogens with zero attached hydrogens (tertiary/aromatic N) is 1. The van der Waals surface area contributed by atoms with Gasteiger partial charge >= 0.3 is 0 Å². The zero-order valence-electron chi connectivity index (χ0n) is 8.29. The molecule has 73 valence electrons. The summed E-state index contributed by atoms with van der Waals surface area (Å²) in [7, 11) is 0. The molecule has 1 radical (unpaired) electrons. The van der Waals surface area contributed by atoms with Crippen molar-refractivity contribution in [1.29, 1.82) is 0 Å². The summed E-state index contributed by atoms with van der Waals surface area (Å²) < 4.78 is 0. The third-order valence-corrected chi connectivity index (χ3v) is 2.22. The van der Waals surface area contributed by atoms with Gasteiger partial charge in [-0.1, -0.05) is 19.9 Å². The number of aromatic nitrogens is 1. The van der Waals surface area contributed by atoms with Crippen LogP contribution in [-0.2, 0) is 20.4 Å². The average Bonchev–Trinajstić information content (AvgIpc) is 2.17. The Labute approximate surface area is 98.2 Å². The van der Waals surface area contributed by atoms with Gasteiger partial charge in [-0.15, -0.1) is 17.0 Å². The van der Waals surface area contributed by atoms with Crippen LogP contribution in [0.4, 0.5) is 0 Å². The van der Waals surface area contributed by atoms with E-state index in [0.717, 1.165) is 5.52 Å². The topological polar surface area (TPSA) is 12.9 Å². The largest absolute Gasteiger partial charge is 0.283 e. The van der Waals surface area contributed by atoms with Crippen LogP contribution < -0.4 is 0 Å². The van der Waals surface area contributed by atoms with E-state index >= 15 is 0 Å². The van der Waals surface area contributed by atoms with Crippen molar-refractivity contribution in [2.45, 2.75) is 19.8 Å². The molecule has 0 fully saturated rings. The van der Waals surface area contributed by atoms with Gasteiger partial charge in [0.25, 0.3) is 0 Å². The van der Waals surface area contributed by atoms with Crippen LogP contribution in [0.25, 0.3) is 10.9 Å². The number of fused-ring (bicyclic) bond motifs is 1. The van der Waals surface area contributed by atoms with Gasteiger partial charge in [-0.3, -0.25) is 4.98 Å².